The first-order valence-corrected chi connectivity index (χ1v) is 8.72. The monoisotopic (exact) mass is 346 g/mol. The van der Waals surface area contributed by atoms with E-state index in [1.54, 1.807) is 11.2 Å². The van der Waals surface area contributed by atoms with Crippen LogP contribution in [0, 0.1) is 12.8 Å². The Bertz CT molecular complexity index is 868. The molecule has 4 nitrogen and oxygen atoms in total. The number of amides is 1. The van der Waals surface area contributed by atoms with Gasteiger partial charge in [0.05, 0.1) is 23.0 Å². The highest BCUT2D eigenvalue weighted by molar-refractivity contribution is 7.22. The predicted molar refractivity (Wildman–Crippen MR) is 92.0 cm³/mol. The Morgan fingerprint density at radius 2 is 2.30 bits per heavy atom. The fourth-order valence-corrected chi connectivity index (χ4v) is 4.03. The van der Waals surface area contributed by atoms with Crippen LogP contribution in [0.1, 0.15) is 24.2 Å². The van der Waals surface area contributed by atoms with Crippen LogP contribution in [0.2, 0.25) is 5.02 Å². The van der Waals surface area contributed by atoms with Crippen LogP contribution in [-0.4, -0.2) is 10.9 Å². The molecule has 0 atom stereocenters. The van der Waals surface area contributed by atoms with Crippen molar-refractivity contribution in [3.8, 4) is 0 Å². The van der Waals surface area contributed by atoms with E-state index in [9.17, 15) is 4.79 Å². The molecule has 0 bridgehead atoms. The molecular weight excluding hydrogens is 332 g/mol. The molecule has 4 rings (SSSR count). The Labute approximate surface area is 142 Å². The molecule has 0 radical (unpaired) electrons. The summed E-state index contributed by atoms with van der Waals surface area (Å²) in [5.74, 6) is 1.01. The van der Waals surface area contributed by atoms with Crippen molar-refractivity contribution in [2.24, 2.45) is 5.92 Å². The first kappa shape index (κ1) is 14.7. The summed E-state index contributed by atoms with van der Waals surface area (Å²) in [6.45, 7) is 2.40. The van der Waals surface area contributed by atoms with Gasteiger partial charge in [-0.25, -0.2) is 4.98 Å². The molecular formula is C17H15ClN2O2S. The molecule has 1 aliphatic carbocycles. The van der Waals surface area contributed by atoms with Crippen molar-refractivity contribution in [1.82, 2.24) is 4.98 Å². The van der Waals surface area contributed by atoms with Gasteiger partial charge >= 0.3 is 0 Å². The molecule has 118 valence electrons. The van der Waals surface area contributed by atoms with Gasteiger partial charge in [0.2, 0.25) is 5.91 Å². The Morgan fingerprint density at radius 3 is 3.00 bits per heavy atom. The van der Waals surface area contributed by atoms with Gasteiger partial charge in [0.15, 0.2) is 5.13 Å². The molecule has 6 heteroatoms. The van der Waals surface area contributed by atoms with Crippen molar-refractivity contribution in [1.29, 1.82) is 0 Å². The molecule has 1 aromatic carbocycles. The van der Waals surface area contributed by atoms with Gasteiger partial charge in [-0.2, -0.15) is 0 Å². The Hall–Kier alpha value is -1.85. The van der Waals surface area contributed by atoms with E-state index in [2.05, 4.69) is 4.98 Å². The summed E-state index contributed by atoms with van der Waals surface area (Å²) in [5, 5.41) is 1.40. The van der Waals surface area contributed by atoms with Gasteiger partial charge in [-0.15, -0.1) is 0 Å². The average molecular weight is 347 g/mol. The van der Waals surface area contributed by atoms with Gasteiger partial charge in [-0.05, 0) is 49.6 Å². The number of thiazole rings is 1. The van der Waals surface area contributed by atoms with Crippen LogP contribution in [0.5, 0.6) is 0 Å². The number of carbonyl (C=O) groups excluding carboxylic acids is 1. The molecule has 0 unspecified atom stereocenters. The quantitative estimate of drug-likeness (QED) is 0.682. The zero-order valence-corrected chi connectivity index (χ0v) is 14.2. The second kappa shape index (κ2) is 5.65. The Balaban J connectivity index is 1.75. The SMILES string of the molecule is Cc1cc(Cl)cc2sc(N(Cc3ccco3)C(=O)C3CC3)nc12. The van der Waals surface area contributed by atoms with Crippen molar-refractivity contribution < 1.29 is 9.21 Å². The van der Waals surface area contributed by atoms with Gasteiger partial charge in [0.1, 0.15) is 5.76 Å². The topological polar surface area (TPSA) is 46.3 Å². The standard InChI is InChI=1S/C17H15ClN2O2S/c1-10-7-12(18)8-14-15(10)19-17(23-14)20(16(21)11-4-5-11)9-13-3-2-6-22-13/h2-3,6-8,11H,4-5,9H2,1H3. The second-order valence-electron chi connectivity index (χ2n) is 5.84. The van der Waals surface area contributed by atoms with E-state index in [1.807, 2.05) is 31.2 Å². The zero-order valence-electron chi connectivity index (χ0n) is 12.6. The van der Waals surface area contributed by atoms with E-state index < -0.39 is 0 Å². The van der Waals surface area contributed by atoms with Crippen molar-refractivity contribution in [2.75, 3.05) is 4.90 Å². The van der Waals surface area contributed by atoms with Crippen LogP contribution in [0.25, 0.3) is 10.2 Å². The third-order valence-electron chi connectivity index (χ3n) is 3.96. The summed E-state index contributed by atoms with van der Waals surface area (Å²) in [6, 6.07) is 7.50. The van der Waals surface area contributed by atoms with Gasteiger partial charge in [-0.1, -0.05) is 22.9 Å². The summed E-state index contributed by atoms with van der Waals surface area (Å²) < 4.78 is 6.41. The van der Waals surface area contributed by atoms with Crippen LogP contribution < -0.4 is 4.90 Å². The highest BCUT2D eigenvalue weighted by Gasteiger charge is 2.35. The van der Waals surface area contributed by atoms with E-state index in [0.29, 0.717) is 16.7 Å². The lowest BCUT2D eigenvalue weighted by Gasteiger charge is -2.18. The van der Waals surface area contributed by atoms with Crippen molar-refractivity contribution in [3.05, 3.63) is 46.9 Å². The molecule has 1 aliphatic rings. The maximum Gasteiger partial charge on any atom is 0.232 e. The maximum absolute atomic E-state index is 12.7. The smallest absolute Gasteiger partial charge is 0.232 e. The Kier molecular flexibility index (Phi) is 3.62. The molecule has 0 spiro atoms. The number of benzene rings is 1. The fourth-order valence-electron chi connectivity index (χ4n) is 2.61. The van der Waals surface area contributed by atoms with Gasteiger partial charge in [0.25, 0.3) is 0 Å². The first-order chi connectivity index (χ1) is 11.1. The van der Waals surface area contributed by atoms with Crippen LogP contribution in [0.4, 0.5) is 5.13 Å². The van der Waals surface area contributed by atoms with Gasteiger partial charge in [0, 0.05) is 10.9 Å². The number of fused-ring (bicyclic) bond motifs is 1. The summed E-state index contributed by atoms with van der Waals surface area (Å²) in [5.41, 5.74) is 1.93. The molecule has 2 aromatic heterocycles. The molecule has 0 aliphatic heterocycles. The lowest BCUT2D eigenvalue weighted by molar-refractivity contribution is -0.120. The highest BCUT2D eigenvalue weighted by Crippen LogP contribution is 2.37. The van der Waals surface area contributed by atoms with Gasteiger partial charge in [-0.3, -0.25) is 9.69 Å². The van der Waals surface area contributed by atoms with Crippen molar-refractivity contribution in [2.45, 2.75) is 26.3 Å². The molecule has 2 heterocycles. The fraction of sp³-hybridized carbons (Fsp3) is 0.294. The normalized spacial score (nSPS) is 14.3. The zero-order chi connectivity index (χ0) is 16.0. The second-order valence-corrected chi connectivity index (χ2v) is 7.29. The molecule has 23 heavy (non-hydrogen) atoms. The molecule has 1 amide bonds. The Morgan fingerprint density at radius 1 is 1.48 bits per heavy atom. The number of nitrogens with zero attached hydrogens (tertiary/aromatic N) is 2. The third kappa shape index (κ3) is 2.86. The number of anilines is 1. The summed E-state index contributed by atoms with van der Waals surface area (Å²) in [4.78, 5) is 19.1. The lowest BCUT2D eigenvalue weighted by atomic mass is 10.2. The lowest BCUT2D eigenvalue weighted by Crippen LogP contribution is -2.31. The first-order valence-electron chi connectivity index (χ1n) is 7.52. The van der Waals surface area contributed by atoms with Gasteiger partial charge < -0.3 is 4.42 Å². The minimum atomic E-state index is 0.127. The molecule has 1 fully saturated rings. The number of aromatic nitrogens is 1. The highest BCUT2D eigenvalue weighted by atomic mass is 35.5. The van der Waals surface area contributed by atoms with E-state index in [-0.39, 0.29) is 11.8 Å². The van der Waals surface area contributed by atoms with E-state index >= 15 is 0 Å². The van der Waals surface area contributed by atoms with Crippen LogP contribution in [0.3, 0.4) is 0 Å². The molecule has 0 N–H and O–H groups in total. The van der Waals surface area contributed by atoms with Crippen LogP contribution in [0.15, 0.2) is 34.9 Å². The number of carbonyl (C=O) groups is 1. The summed E-state index contributed by atoms with van der Waals surface area (Å²) >= 11 is 7.63. The number of halogens is 1. The van der Waals surface area contributed by atoms with E-state index in [0.717, 1.165) is 34.4 Å². The van der Waals surface area contributed by atoms with E-state index in [4.69, 9.17) is 16.0 Å². The van der Waals surface area contributed by atoms with Crippen LogP contribution >= 0.6 is 22.9 Å². The summed E-state index contributed by atoms with van der Waals surface area (Å²) in [6.07, 6.45) is 3.55. The molecule has 0 saturated heterocycles. The maximum atomic E-state index is 12.7. The number of hydrogen-bond donors (Lipinski definition) is 0. The number of rotatable bonds is 4. The minimum Gasteiger partial charge on any atom is -0.467 e. The average Bonchev–Trinajstić information content (AvgIpc) is 3.06. The van der Waals surface area contributed by atoms with Crippen molar-refractivity contribution >= 4 is 44.2 Å². The third-order valence-corrected chi connectivity index (χ3v) is 5.20. The number of aryl methyl sites for hydroxylation is 1. The molecule has 3 aromatic rings. The number of hydrogen-bond acceptors (Lipinski definition) is 4. The minimum absolute atomic E-state index is 0.127. The predicted octanol–water partition coefficient (Wildman–Crippen LogP) is 4.79. The summed E-state index contributed by atoms with van der Waals surface area (Å²) in [7, 11) is 0. The largest absolute Gasteiger partial charge is 0.467 e. The van der Waals surface area contributed by atoms with E-state index in [1.165, 1.54) is 11.3 Å². The number of furan rings is 1. The molecule has 1 saturated carbocycles. The van der Waals surface area contributed by atoms with Crippen LogP contribution in [-0.2, 0) is 11.3 Å². The van der Waals surface area contributed by atoms with Crippen molar-refractivity contribution in [3.63, 3.8) is 0 Å².